The number of para-hydroxylation sites is 1. The van der Waals surface area contributed by atoms with E-state index in [1.807, 2.05) is 29.7 Å². The van der Waals surface area contributed by atoms with Crippen molar-refractivity contribution in [3.63, 3.8) is 0 Å². The molecule has 16 heavy (non-hydrogen) atoms. The second-order valence-electron chi connectivity index (χ2n) is 4.07. The largest absolute Gasteiger partial charge is 0.270 e. The lowest BCUT2D eigenvalue weighted by atomic mass is 10.0. The van der Waals surface area contributed by atoms with Crippen LogP contribution < -0.4 is 0 Å². The fraction of sp³-hybridized carbons (Fsp3) is 0.333. The fourth-order valence-corrected chi connectivity index (χ4v) is 2.04. The van der Waals surface area contributed by atoms with Crippen molar-refractivity contribution in [1.29, 1.82) is 0 Å². The average Bonchev–Trinajstić information content (AvgIpc) is 2.58. The first-order chi connectivity index (χ1) is 7.61. The zero-order valence-electron chi connectivity index (χ0n) is 9.61. The van der Waals surface area contributed by atoms with Crippen molar-refractivity contribution in [3.05, 3.63) is 40.9 Å². The van der Waals surface area contributed by atoms with Crippen LogP contribution in [0.1, 0.15) is 31.2 Å². The van der Waals surface area contributed by atoms with E-state index in [9.17, 15) is 0 Å². The molecule has 0 atom stereocenters. The van der Waals surface area contributed by atoms with E-state index >= 15 is 0 Å². The molecular formula is C12H14ClN3. The van der Waals surface area contributed by atoms with Crippen LogP contribution in [0.3, 0.4) is 0 Å². The molecule has 0 spiro atoms. The van der Waals surface area contributed by atoms with Gasteiger partial charge in [-0.2, -0.15) is 0 Å². The standard InChI is InChI=1S/C12H14ClN3/c1-8(2)10-6-4-5-7-11(10)16-9(3)14-15-12(16)13/h4-8H,1-3H3. The Balaban J connectivity index is 2.64. The Hall–Kier alpha value is -1.35. The maximum absolute atomic E-state index is 6.05. The van der Waals surface area contributed by atoms with Crippen molar-refractivity contribution >= 4 is 11.6 Å². The number of aromatic nitrogens is 3. The molecule has 1 aromatic heterocycles. The van der Waals surface area contributed by atoms with Gasteiger partial charge < -0.3 is 0 Å². The number of hydrogen-bond donors (Lipinski definition) is 0. The summed E-state index contributed by atoms with van der Waals surface area (Å²) >= 11 is 6.05. The van der Waals surface area contributed by atoms with Gasteiger partial charge in [-0.25, -0.2) is 0 Å². The molecule has 0 aliphatic carbocycles. The molecule has 0 aliphatic heterocycles. The lowest BCUT2D eigenvalue weighted by Gasteiger charge is -2.14. The SMILES string of the molecule is Cc1nnc(Cl)n1-c1ccccc1C(C)C. The Morgan fingerprint density at radius 1 is 1.19 bits per heavy atom. The highest BCUT2D eigenvalue weighted by Gasteiger charge is 2.13. The van der Waals surface area contributed by atoms with Crippen LogP contribution in [0.5, 0.6) is 0 Å². The van der Waals surface area contributed by atoms with Crippen molar-refractivity contribution in [1.82, 2.24) is 14.8 Å². The van der Waals surface area contributed by atoms with Gasteiger partial charge in [0.25, 0.3) is 0 Å². The molecule has 84 valence electrons. The van der Waals surface area contributed by atoms with Crippen LogP contribution in [0.2, 0.25) is 5.28 Å². The summed E-state index contributed by atoms with van der Waals surface area (Å²) in [5, 5.41) is 8.25. The summed E-state index contributed by atoms with van der Waals surface area (Å²) in [5.41, 5.74) is 2.30. The van der Waals surface area contributed by atoms with E-state index < -0.39 is 0 Å². The van der Waals surface area contributed by atoms with Crippen molar-refractivity contribution in [3.8, 4) is 5.69 Å². The summed E-state index contributed by atoms with van der Waals surface area (Å²) in [6.07, 6.45) is 0. The third-order valence-corrected chi connectivity index (χ3v) is 2.83. The normalized spacial score (nSPS) is 11.1. The molecule has 0 N–H and O–H groups in total. The number of benzene rings is 1. The molecule has 1 heterocycles. The zero-order valence-corrected chi connectivity index (χ0v) is 10.4. The maximum Gasteiger partial charge on any atom is 0.229 e. The van der Waals surface area contributed by atoms with Gasteiger partial charge in [0, 0.05) is 0 Å². The van der Waals surface area contributed by atoms with E-state index in [1.54, 1.807) is 0 Å². The molecule has 4 heteroatoms. The lowest BCUT2D eigenvalue weighted by molar-refractivity contribution is 0.838. The quantitative estimate of drug-likeness (QED) is 0.799. The maximum atomic E-state index is 6.05. The van der Waals surface area contributed by atoms with Crippen LogP contribution in [0.4, 0.5) is 0 Å². The summed E-state index contributed by atoms with van der Waals surface area (Å²) in [7, 11) is 0. The molecule has 1 aromatic carbocycles. The Kier molecular flexibility index (Phi) is 2.97. The first-order valence-corrected chi connectivity index (χ1v) is 5.66. The zero-order chi connectivity index (χ0) is 11.7. The van der Waals surface area contributed by atoms with Crippen molar-refractivity contribution in [2.45, 2.75) is 26.7 Å². The molecule has 0 bridgehead atoms. The molecule has 3 nitrogen and oxygen atoms in total. The highest BCUT2D eigenvalue weighted by atomic mass is 35.5. The predicted octanol–water partition coefficient (Wildman–Crippen LogP) is 3.35. The average molecular weight is 236 g/mol. The monoisotopic (exact) mass is 235 g/mol. The summed E-state index contributed by atoms with van der Waals surface area (Å²) in [6.45, 7) is 6.22. The third-order valence-electron chi connectivity index (χ3n) is 2.59. The Morgan fingerprint density at radius 3 is 2.44 bits per heavy atom. The second-order valence-corrected chi connectivity index (χ2v) is 4.40. The molecule has 0 fully saturated rings. The minimum atomic E-state index is 0.408. The molecule has 0 saturated carbocycles. The Bertz CT molecular complexity index is 483. The molecular weight excluding hydrogens is 222 g/mol. The lowest BCUT2D eigenvalue weighted by Crippen LogP contribution is -2.03. The summed E-state index contributed by atoms with van der Waals surface area (Å²) in [6, 6.07) is 8.18. The topological polar surface area (TPSA) is 30.7 Å². The Labute approximate surface area is 100 Å². The number of hydrogen-bond acceptors (Lipinski definition) is 2. The summed E-state index contributed by atoms with van der Waals surface area (Å²) < 4.78 is 1.87. The van der Waals surface area contributed by atoms with Gasteiger partial charge in [0.2, 0.25) is 5.28 Å². The van der Waals surface area contributed by atoms with E-state index in [2.05, 4.69) is 30.1 Å². The van der Waals surface area contributed by atoms with E-state index in [4.69, 9.17) is 11.6 Å². The minimum absolute atomic E-state index is 0.408. The molecule has 0 radical (unpaired) electrons. The van der Waals surface area contributed by atoms with Gasteiger partial charge in [-0.3, -0.25) is 4.57 Å². The number of rotatable bonds is 2. The van der Waals surface area contributed by atoms with Gasteiger partial charge in [-0.1, -0.05) is 32.0 Å². The van der Waals surface area contributed by atoms with E-state index in [0.717, 1.165) is 11.5 Å². The van der Waals surface area contributed by atoms with Crippen LogP contribution in [-0.4, -0.2) is 14.8 Å². The second kappa shape index (κ2) is 4.26. The molecule has 0 unspecified atom stereocenters. The van der Waals surface area contributed by atoms with Crippen LogP contribution in [0.25, 0.3) is 5.69 Å². The molecule has 0 saturated heterocycles. The Morgan fingerprint density at radius 2 is 1.88 bits per heavy atom. The number of aryl methyl sites for hydroxylation is 1. The van der Waals surface area contributed by atoms with Crippen molar-refractivity contribution < 1.29 is 0 Å². The van der Waals surface area contributed by atoms with E-state index in [1.165, 1.54) is 5.56 Å². The summed E-state index contributed by atoms with van der Waals surface area (Å²) in [5.74, 6) is 1.24. The molecule has 0 amide bonds. The molecule has 2 aromatic rings. The van der Waals surface area contributed by atoms with Gasteiger partial charge in [0.15, 0.2) is 0 Å². The van der Waals surface area contributed by atoms with Gasteiger partial charge in [0.1, 0.15) is 5.82 Å². The molecule has 2 rings (SSSR count). The van der Waals surface area contributed by atoms with Gasteiger partial charge >= 0.3 is 0 Å². The van der Waals surface area contributed by atoms with Crippen LogP contribution in [0, 0.1) is 6.92 Å². The van der Waals surface area contributed by atoms with Crippen LogP contribution >= 0.6 is 11.6 Å². The van der Waals surface area contributed by atoms with E-state index in [-0.39, 0.29) is 0 Å². The van der Waals surface area contributed by atoms with Crippen molar-refractivity contribution in [2.24, 2.45) is 0 Å². The number of nitrogens with zero attached hydrogens (tertiary/aromatic N) is 3. The van der Waals surface area contributed by atoms with Gasteiger partial charge in [-0.05, 0) is 36.1 Å². The van der Waals surface area contributed by atoms with Crippen LogP contribution in [0.15, 0.2) is 24.3 Å². The predicted molar refractivity (Wildman–Crippen MR) is 65.2 cm³/mol. The fourth-order valence-electron chi connectivity index (χ4n) is 1.79. The first-order valence-electron chi connectivity index (χ1n) is 5.28. The van der Waals surface area contributed by atoms with Gasteiger partial charge in [0.05, 0.1) is 5.69 Å². The van der Waals surface area contributed by atoms with Crippen LogP contribution in [-0.2, 0) is 0 Å². The molecule has 0 aliphatic rings. The smallest absolute Gasteiger partial charge is 0.229 e. The van der Waals surface area contributed by atoms with E-state index in [0.29, 0.717) is 11.2 Å². The summed E-state index contributed by atoms with van der Waals surface area (Å²) in [4.78, 5) is 0. The number of halogens is 1. The third kappa shape index (κ3) is 1.83. The first kappa shape index (κ1) is 11.1. The van der Waals surface area contributed by atoms with Crippen molar-refractivity contribution in [2.75, 3.05) is 0 Å². The minimum Gasteiger partial charge on any atom is -0.270 e. The highest BCUT2D eigenvalue weighted by Crippen LogP contribution is 2.25. The van der Waals surface area contributed by atoms with Gasteiger partial charge in [-0.15, -0.1) is 10.2 Å². The highest BCUT2D eigenvalue weighted by molar-refractivity contribution is 6.28.